The summed E-state index contributed by atoms with van der Waals surface area (Å²) in [7, 11) is 0. The molecular formula is C20H14N3+. The largest absolute Gasteiger partial charge is 0.279 e. The molecule has 0 atom stereocenters. The van der Waals surface area contributed by atoms with Gasteiger partial charge in [-0.1, -0.05) is 59.3 Å². The van der Waals surface area contributed by atoms with E-state index >= 15 is 0 Å². The average molecular weight is 296 g/mol. The molecule has 108 valence electrons. The minimum absolute atomic E-state index is 1.07. The molecule has 2 heterocycles. The van der Waals surface area contributed by atoms with Gasteiger partial charge in [0, 0.05) is 10.5 Å². The standard InChI is InChI=1S/C20H14N3/c1-2-8-15(9-3-1)23-20-18-12-5-4-10-16(18)17-11-6-7-13-19(17)22(20)14-21-23/h1-14H/q+1. The highest BCUT2D eigenvalue weighted by Crippen LogP contribution is 2.26. The summed E-state index contributed by atoms with van der Waals surface area (Å²) in [6.07, 6.45) is 1.90. The van der Waals surface area contributed by atoms with E-state index in [4.69, 9.17) is 0 Å². The van der Waals surface area contributed by atoms with Crippen molar-refractivity contribution in [2.24, 2.45) is 0 Å². The number of rotatable bonds is 1. The highest BCUT2D eigenvalue weighted by molar-refractivity contribution is 6.08. The van der Waals surface area contributed by atoms with Crippen LogP contribution in [-0.2, 0) is 0 Å². The highest BCUT2D eigenvalue weighted by Gasteiger charge is 2.20. The normalized spacial score (nSPS) is 11.5. The van der Waals surface area contributed by atoms with Crippen molar-refractivity contribution in [3.63, 3.8) is 0 Å². The lowest BCUT2D eigenvalue weighted by Crippen LogP contribution is -2.21. The van der Waals surface area contributed by atoms with Crippen molar-refractivity contribution in [1.82, 2.24) is 9.78 Å². The SMILES string of the molecule is c1ccc(-n2nc[n+]3c4ccccc4c4ccccc4c23)cc1. The Balaban J connectivity index is 2.06. The molecule has 0 unspecified atom stereocenters. The molecule has 0 saturated carbocycles. The van der Waals surface area contributed by atoms with Crippen LogP contribution < -0.4 is 4.40 Å². The molecule has 2 aromatic heterocycles. The van der Waals surface area contributed by atoms with Crippen LogP contribution in [0.3, 0.4) is 0 Å². The van der Waals surface area contributed by atoms with E-state index in [9.17, 15) is 0 Å². The van der Waals surface area contributed by atoms with E-state index in [2.05, 4.69) is 70.2 Å². The van der Waals surface area contributed by atoms with Crippen LogP contribution in [0.4, 0.5) is 0 Å². The number of fused-ring (bicyclic) bond motifs is 6. The van der Waals surface area contributed by atoms with Gasteiger partial charge in [-0.05, 0) is 29.7 Å². The smallest absolute Gasteiger partial charge is 0.195 e. The molecule has 0 fully saturated rings. The van der Waals surface area contributed by atoms with Gasteiger partial charge in [0.05, 0.1) is 5.39 Å². The van der Waals surface area contributed by atoms with Gasteiger partial charge >= 0.3 is 0 Å². The third-order valence-corrected chi connectivity index (χ3v) is 4.33. The fourth-order valence-electron chi connectivity index (χ4n) is 3.32. The Morgan fingerprint density at radius 2 is 1.30 bits per heavy atom. The zero-order chi connectivity index (χ0) is 15.2. The minimum Gasteiger partial charge on any atom is -0.195 e. The Labute approximate surface area is 133 Å². The lowest BCUT2D eigenvalue weighted by atomic mass is 10.1. The molecule has 0 aliphatic heterocycles. The fraction of sp³-hybridized carbons (Fsp3) is 0. The number of aromatic nitrogens is 3. The molecule has 0 aliphatic carbocycles. The van der Waals surface area contributed by atoms with Crippen molar-refractivity contribution < 1.29 is 4.40 Å². The van der Waals surface area contributed by atoms with E-state index in [1.54, 1.807) is 0 Å². The molecular weight excluding hydrogens is 282 g/mol. The molecule has 3 aromatic carbocycles. The second kappa shape index (κ2) is 4.65. The summed E-state index contributed by atoms with van der Waals surface area (Å²) in [6, 6.07) is 27.3. The van der Waals surface area contributed by atoms with Gasteiger partial charge in [-0.2, -0.15) is 4.40 Å². The average Bonchev–Trinajstić information content (AvgIpc) is 3.08. The summed E-state index contributed by atoms with van der Waals surface area (Å²) in [5, 5.41) is 8.34. The van der Waals surface area contributed by atoms with Gasteiger partial charge in [0.25, 0.3) is 12.0 Å². The van der Waals surface area contributed by atoms with Crippen LogP contribution in [0.15, 0.2) is 85.2 Å². The zero-order valence-corrected chi connectivity index (χ0v) is 12.4. The van der Waals surface area contributed by atoms with E-state index in [-0.39, 0.29) is 0 Å². The number of hydrogen-bond donors (Lipinski definition) is 0. The topological polar surface area (TPSA) is 21.9 Å². The van der Waals surface area contributed by atoms with Gasteiger partial charge in [-0.25, -0.2) is 0 Å². The predicted octanol–water partition coefficient (Wildman–Crippen LogP) is 3.92. The van der Waals surface area contributed by atoms with Crippen LogP contribution in [0.5, 0.6) is 0 Å². The summed E-state index contributed by atoms with van der Waals surface area (Å²) in [6.45, 7) is 0. The van der Waals surface area contributed by atoms with Gasteiger partial charge in [0.1, 0.15) is 11.2 Å². The van der Waals surface area contributed by atoms with E-state index in [0.29, 0.717) is 0 Å². The molecule has 0 saturated heterocycles. The van der Waals surface area contributed by atoms with E-state index in [0.717, 1.165) is 11.3 Å². The van der Waals surface area contributed by atoms with Crippen molar-refractivity contribution in [2.45, 2.75) is 0 Å². The van der Waals surface area contributed by atoms with Crippen LogP contribution in [0, 0.1) is 0 Å². The van der Waals surface area contributed by atoms with Gasteiger partial charge < -0.3 is 0 Å². The molecule has 5 rings (SSSR count). The Morgan fingerprint density at radius 1 is 0.652 bits per heavy atom. The molecule has 0 amide bonds. The monoisotopic (exact) mass is 296 g/mol. The molecule has 0 aliphatic rings. The Morgan fingerprint density at radius 3 is 2.13 bits per heavy atom. The van der Waals surface area contributed by atoms with Crippen LogP contribution in [0.2, 0.25) is 0 Å². The Hall–Kier alpha value is -3.20. The van der Waals surface area contributed by atoms with Crippen molar-refractivity contribution in [1.29, 1.82) is 0 Å². The van der Waals surface area contributed by atoms with Gasteiger partial charge in [0.2, 0.25) is 0 Å². The van der Waals surface area contributed by atoms with E-state index < -0.39 is 0 Å². The Bertz CT molecular complexity index is 1160. The second-order valence-electron chi connectivity index (χ2n) is 5.63. The van der Waals surface area contributed by atoms with E-state index in [1.807, 2.05) is 29.2 Å². The van der Waals surface area contributed by atoms with E-state index in [1.165, 1.54) is 21.7 Å². The molecule has 0 radical (unpaired) electrons. The third kappa shape index (κ3) is 1.70. The van der Waals surface area contributed by atoms with Crippen LogP contribution in [0.1, 0.15) is 0 Å². The lowest BCUT2D eigenvalue weighted by Gasteiger charge is -2.05. The highest BCUT2D eigenvalue weighted by atomic mass is 15.4. The first-order valence-corrected chi connectivity index (χ1v) is 7.68. The molecule has 23 heavy (non-hydrogen) atoms. The lowest BCUT2D eigenvalue weighted by molar-refractivity contribution is -0.480. The van der Waals surface area contributed by atoms with Gasteiger partial charge in [0.15, 0.2) is 0 Å². The first kappa shape index (κ1) is 12.4. The molecule has 3 nitrogen and oxygen atoms in total. The number of hydrogen-bond acceptors (Lipinski definition) is 1. The fourth-order valence-corrected chi connectivity index (χ4v) is 3.32. The molecule has 3 heteroatoms. The van der Waals surface area contributed by atoms with Crippen LogP contribution in [-0.4, -0.2) is 9.78 Å². The van der Waals surface area contributed by atoms with Crippen LogP contribution >= 0.6 is 0 Å². The summed E-state index contributed by atoms with van der Waals surface area (Å²) in [4.78, 5) is 0. The number of benzene rings is 3. The van der Waals surface area contributed by atoms with Crippen molar-refractivity contribution in [3.05, 3.63) is 85.2 Å². The number of pyridine rings is 1. The maximum atomic E-state index is 4.65. The van der Waals surface area contributed by atoms with Crippen molar-refractivity contribution >= 4 is 27.3 Å². The summed E-state index contributed by atoms with van der Waals surface area (Å²) < 4.78 is 4.18. The summed E-state index contributed by atoms with van der Waals surface area (Å²) in [5.74, 6) is 0. The molecule has 0 bridgehead atoms. The summed E-state index contributed by atoms with van der Waals surface area (Å²) in [5.41, 5.74) is 3.32. The minimum atomic E-state index is 1.07. The third-order valence-electron chi connectivity index (χ3n) is 4.33. The predicted molar refractivity (Wildman–Crippen MR) is 91.7 cm³/mol. The van der Waals surface area contributed by atoms with Crippen molar-refractivity contribution in [3.8, 4) is 5.69 Å². The maximum absolute atomic E-state index is 4.65. The van der Waals surface area contributed by atoms with Gasteiger partial charge in [-0.15, -0.1) is 0 Å². The van der Waals surface area contributed by atoms with Gasteiger partial charge in [-0.3, -0.25) is 0 Å². The first-order chi connectivity index (χ1) is 11.4. The second-order valence-corrected chi connectivity index (χ2v) is 5.63. The molecule has 0 N–H and O–H groups in total. The number of nitrogens with zero attached hydrogens (tertiary/aromatic N) is 3. The summed E-state index contributed by atoms with van der Waals surface area (Å²) >= 11 is 0. The Kier molecular flexibility index (Phi) is 2.50. The maximum Gasteiger partial charge on any atom is 0.279 e. The van der Waals surface area contributed by atoms with Crippen molar-refractivity contribution in [2.75, 3.05) is 0 Å². The quantitative estimate of drug-likeness (QED) is 0.339. The van der Waals surface area contributed by atoms with Crippen LogP contribution in [0.25, 0.3) is 33.0 Å². The number of para-hydroxylation sites is 2. The molecule has 0 spiro atoms. The first-order valence-electron chi connectivity index (χ1n) is 7.68. The molecule has 5 aromatic rings. The zero-order valence-electron chi connectivity index (χ0n) is 12.4.